The highest BCUT2D eigenvalue weighted by Gasteiger charge is 2.60. The van der Waals surface area contributed by atoms with E-state index in [4.69, 9.17) is 23.2 Å². The molecule has 0 saturated heterocycles. The standard InChI is InChI=1S/C18H16Cl2O6/c19-13-5-1-11(2-6-13)9-17(25,15(21)22)18(26,16(23)24)10-12-3-7-14(20)8-4-12/h1-8,25-26H,9-10H2,(H,21,22)(H,23,24). The minimum atomic E-state index is -2.98. The maximum Gasteiger partial charge on any atom is 0.339 e. The van der Waals surface area contributed by atoms with Gasteiger partial charge in [0.1, 0.15) is 0 Å². The van der Waals surface area contributed by atoms with E-state index >= 15 is 0 Å². The van der Waals surface area contributed by atoms with Gasteiger partial charge in [-0.15, -0.1) is 0 Å². The number of hydrogen-bond donors (Lipinski definition) is 4. The fourth-order valence-corrected chi connectivity index (χ4v) is 2.84. The molecule has 2 aromatic rings. The van der Waals surface area contributed by atoms with Crippen LogP contribution < -0.4 is 0 Å². The van der Waals surface area contributed by atoms with Crippen molar-refractivity contribution >= 4 is 35.1 Å². The van der Waals surface area contributed by atoms with Gasteiger partial charge in [0, 0.05) is 22.9 Å². The Kier molecular flexibility index (Phi) is 5.93. The summed E-state index contributed by atoms with van der Waals surface area (Å²) >= 11 is 11.5. The molecule has 0 spiro atoms. The molecule has 0 aliphatic heterocycles. The topological polar surface area (TPSA) is 115 Å². The number of carbonyl (C=O) groups is 2. The fourth-order valence-electron chi connectivity index (χ4n) is 2.59. The zero-order valence-electron chi connectivity index (χ0n) is 13.4. The molecule has 2 aromatic carbocycles. The van der Waals surface area contributed by atoms with Crippen LogP contribution in [0.3, 0.4) is 0 Å². The van der Waals surface area contributed by atoms with E-state index in [0.717, 1.165) is 0 Å². The lowest BCUT2D eigenvalue weighted by Gasteiger charge is -2.37. The Labute approximate surface area is 159 Å². The summed E-state index contributed by atoms with van der Waals surface area (Å²) in [5.74, 6) is -3.71. The minimum absolute atomic E-state index is 0.301. The first-order valence-corrected chi connectivity index (χ1v) is 8.24. The number of hydrogen-bond acceptors (Lipinski definition) is 4. The Morgan fingerprint density at radius 1 is 0.692 bits per heavy atom. The average Bonchev–Trinajstić information content (AvgIpc) is 2.58. The smallest absolute Gasteiger partial charge is 0.339 e. The van der Waals surface area contributed by atoms with E-state index in [1.165, 1.54) is 48.5 Å². The van der Waals surface area contributed by atoms with Gasteiger partial charge in [0.25, 0.3) is 0 Å². The highest BCUT2D eigenvalue weighted by Crippen LogP contribution is 2.32. The van der Waals surface area contributed by atoms with E-state index in [0.29, 0.717) is 21.2 Å². The van der Waals surface area contributed by atoms with Crippen LogP contribution in [-0.2, 0) is 22.4 Å². The fraction of sp³-hybridized carbons (Fsp3) is 0.222. The van der Waals surface area contributed by atoms with Crippen LogP contribution in [-0.4, -0.2) is 43.6 Å². The Morgan fingerprint density at radius 2 is 0.962 bits per heavy atom. The van der Waals surface area contributed by atoms with Crippen LogP contribution in [0.5, 0.6) is 0 Å². The zero-order chi connectivity index (χ0) is 19.5. The normalized spacial score (nSPS) is 15.7. The Morgan fingerprint density at radius 3 is 1.19 bits per heavy atom. The summed E-state index contributed by atoms with van der Waals surface area (Å²) in [6.45, 7) is 0. The molecule has 2 unspecified atom stereocenters. The van der Waals surface area contributed by atoms with Gasteiger partial charge in [0.15, 0.2) is 0 Å². The van der Waals surface area contributed by atoms with Crippen molar-refractivity contribution in [2.75, 3.05) is 0 Å². The van der Waals surface area contributed by atoms with E-state index in [1.54, 1.807) is 0 Å². The van der Waals surface area contributed by atoms with Gasteiger partial charge >= 0.3 is 11.9 Å². The lowest BCUT2D eigenvalue weighted by molar-refractivity contribution is -0.206. The summed E-state index contributed by atoms with van der Waals surface area (Å²) in [4.78, 5) is 23.5. The van der Waals surface area contributed by atoms with Gasteiger partial charge in [0.2, 0.25) is 11.2 Å². The van der Waals surface area contributed by atoms with Crippen molar-refractivity contribution in [3.05, 3.63) is 69.7 Å². The lowest BCUT2D eigenvalue weighted by atomic mass is 9.74. The minimum Gasteiger partial charge on any atom is -0.479 e. The molecule has 0 amide bonds. The van der Waals surface area contributed by atoms with Crippen molar-refractivity contribution in [1.29, 1.82) is 0 Å². The molecular weight excluding hydrogens is 383 g/mol. The van der Waals surface area contributed by atoms with E-state index < -0.39 is 36.0 Å². The van der Waals surface area contributed by atoms with Crippen LogP contribution in [0.15, 0.2) is 48.5 Å². The molecule has 6 nitrogen and oxygen atoms in total. The van der Waals surface area contributed by atoms with Gasteiger partial charge in [-0.1, -0.05) is 47.5 Å². The number of benzene rings is 2. The Bertz CT molecular complexity index is 736. The molecule has 0 saturated carbocycles. The van der Waals surface area contributed by atoms with Crippen molar-refractivity contribution in [2.24, 2.45) is 0 Å². The second kappa shape index (κ2) is 7.63. The van der Waals surface area contributed by atoms with E-state index in [-0.39, 0.29) is 0 Å². The highest BCUT2D eigenvalue weighted by atomic mass is 35.5. The van der Waals surface area contributed by atoms with Crippen molar-refractivity contribution in [1.82, 2.24) is 0 Å². The van der Waals surface area contributed by atoms with Crippen LogP contribution in [0.25, 0.3) is 0 Å². The third-order valence-corrected chi connectivity index (χ3v) is 4.64. The van der Waals surface area contributed by atoms with E-state index in [9.17, 15) is 30.0 Å². The van der Waals surface area contributed by atoms with Gasteiger partial charge in [-0.25, -0.2) is 9.59 Å². The molecule has 0 aliphatic carbocycles. The van der Waals surface area contributed by atoms with Crippen molar-refractivity contribution < 1.29 is 30.0 Å². The monoisotopic (exact) mass is 398 g/mol. The molecule has 0 bridgehead atoms. The quantitative estimate of drug-likeness (QED) is 0.569. The molecule has 2 rings (SSSR count). The first kappa shape index (κ1) is 20.2. The van der Waals surface area contributed by atoms with Gasteiger partial charge < -0.3 is 20.4 Å². The number of carboxylic acid groups (broad SMARTS) is 2. The van der Waals surface area contributed by atoms with Crippen molar-refractivity contribution in [2.45, 2.75) is 24.0 Å². The summed E-state index contributed by atoms with van der Waals surface area (Å²) in [6.07, 6.45) is -1.26. The number of halogens is 2. The molecule has 0 aliphatic rings. The van der Waals surface area contributed by atoms with Gasteiger partial charge in [-0.3, -0.25) is 0 Å². The van der Waals surface area contributed by atoms with Crippen LogP contribution in [0.2, 0.25) is 10.0 Å². The second-order valence-corrected chi connectivity index (χ2v) is 6.81. The molecular formula is C18H16Cl2O6. The third-order valence-electron chi connectivity index (χ3n) is 4.14. The first-order chi connectivity index (χ1) is 12.1. The van der Waals surface area contributed by atoms with Crippen LogP contribution in [0.4, 0.5) is 0 Å². The number of aliphatic carboxylic acids is 2. The van der Waals surface area contributed by atoms with Gasteiger partial charge in [-0.2, -0.15) is 0 Å². The van der Waals surface area contributed by atoms with E-state index in [2.05, 4.69) is 0 Å². The van der Waals surface area contributed by atoms with Crippen molar-refractivity contribution in [3.8, 4) is 0 Å². The number of aliphatic hydroxyl groups is 2. The third kappa shape index (κ3) is 3.99. The summed E-state index contributed by atoms with van der Waals surface area (Å²) < 4.78 is 0. The maximum absolute atomic E-state index is 11.8. The average molecular weight is 399 g/mol. The molecule has 4 N–H and O–H groups in total. The highest BCUT2D eigenvalue weighted by molar-refractivity contribution is 6.30. The molecule has 0 aromatic heterocycles. The number of carboxylic acids is 2. The SMILES string of the molecule is O=C(O)C(O)(Cc1ccc(Cl)cc1)C(O)(Cc1ccc(Cl)cc1)C(=O)O. The molecule has 138 valence electrons. The molecule has 0 radical (unpaired) electrons. The lowest BCUT2D eigenvalue weighted by Crippen LogP contribution is -2.66. The Hall–Kier alpha value is -2.12. The predicted octanol–water partition coefficient (Wildman–Crippen LogP) is 2.41. The summed E-state index contributed by atoms with van der Waals surface area (Å²) in [7, 11) is 0. The van der Waals surface area contributed by atoms with Crippen molar-refractivity contribution in [3.63, 3.8) is 0 Å². The molecule has 2 atom stereocenters. The molecule has 0 fully saturated rings. The summed E-state index contributed by atoms with van der Waals surface area (Å²) in [5.41, 5.74) is -5.36. The predicted molar refractivity (Wildman–Crippen MR) is 95.5 cm³/mol. The van der Waals surface area contributed by atoms with Gasteiger partial charge in [-0.05, 0) is 35.4 Å². The van der Waals surface area contributed by atoms with Gasteiger partial charge in [0.05, 0.1) is 0 Å². The van der Waals surface area contributed by atoms with Crippen LogP contribution >= 0.6 is 23.2 Å². The first-order valence-electron chi connectivity index (χ1n) is 7.49. The number of rotatable bonds is 7. The zero-order valence-corrected chi connectivity index (χ0v) is 14.9. The molecule has 8 heteroatoms. The summed E-state index contributed by atoms with van der Waals surface area (Å²) in [5, 5.41) is 41.3. The molecule has 26 heavy (non-hydrogen) atoms. The van der Waals surface area contributed by atoms with Crippen LogP contribution in [0, 0.1) is 0 Å². The molecule has 0 heterocycles. The van der Waals surface area contributed by atoms with Crippen LogP contribution in [0.1, 0.15) is 11.1 Å². The summed E-state index contributed by atoms with van der Waals surface area (Å²) in [6, 6.07) is 11.7. The largest absolute Gasteiger partial charge is 0.479 e. The Balaban J connectivity index is 2.46. The second-order valence-electron chi connectivity index (χ2n) is 5.94. The maximum atomic E-state index is 11.8. The van der Waals surface area contributed by atoms with E-state index in [1.807, 2.05) is 0 Å².